The number of alkyl halides is 3. The normalized spacial score (nSPS) is 33.6. The molecule has 7 unspecified atom stereocenters. The Labute approximate surface area is 224 Å². The van der Waals surface area contributed by atoms with Crippen LogP contribution in [0.3, 0.4) is 0 Å². The molecule has 5 fully saturated rings. The number of halogens is 3. The van der Waals surface area contributed by atoms with Crippen molar-refractivity contribution in [1.29, 1.82) is 0 Å². The van der Waals surface area contributed by atoms with Gasteiger partial charge in [-0.1, -0.05) is 18.0 Å². The van der Waals surface area contributed by atoms with E-state index < -0.39 is 24.0 Å². The van der Waals surface area contributed by atoms with Crippen LogP contribution < -0.4 is 4.90 Å². The van der Waals surface area contributed by atoms with Gasteiger partial charge in [-0.05, 0) is 50.9 Å². The van der Waals surface area contributed by atoms with E-state index in [4.69, 9.17) is 14.0 Å². The predicted octanol–water partition coefficient (Wildman–Crippen LogP) is 5.54. The zero-order valence-corrected chi connectivity index (χ0v) is 21.9. The number of ether oxygens (including phenoxy) is 2. The molecule has 2 bridgehead atoms. The Balaban J connectivity index is 1.08. The highest BCUT2D eigenvalue weighted by atomic mass is 19.4. The molecule has 210 valence electrons. The maximum absolute atomic E-state index is 13.9. The van der Waals surface area contributed by atoms with Crippen LogP contribution in [0.5, 0.6) is 0 Å². The van der Waals surface area contributed by atoms with E-state index in [1.54, 1.807) is 6.20 Å². The molecule has 2 aliphatic heterocycles. The number of nitrogens with zero attached hydrogens (tertiary/aromatic N) is 4. The van der Waals surface area contributed by atoms with Crippen molar-refractivity contribution >= 4 is 11.8 Å². The molecule has 0 amide bonds. The molecule has 7 atom stereocenters. The number of anilines is 1. The lowest BCUT2D eigenvalue weighted by molar-refractivity contribution is -0.187. The predicted molar refractivity (Wildman–Crippen MR) is 132 cm³/mol. The average molecular weight is 547 g/mol. The minimum Gasteiger partial charge on any atom is -0.464 e. The summed E-state index contributed by atoms with van der Waals surface area (Å²) in [6, 6.07) is 0.612. The van der Waals surface area contributed by atoms with Crippen molar-refractivity contribution in [2.75, 3.05) is 12.0 Å². The van der Waals surface area contributed by atoms with Gasteiger partial charge in [0.05, 0.1) is 43.8 Å². The Bertz CT molecular complexity index is 1230. The molecule has 4 heterocycles. The van der Waals surface area contributed by atoms with Crippen molar-refractivity contribution in [2.45, 2.75) is 101 Å². The molecule has 0 N–H and O–H groups in total. The summed E-state index contributed by atoms with van der Waals surface area (Å²) in [6.07, 6.45) is 5.99. The van der Waals surface area contributed by atoms with E-state index in [0.717, 1.165) is 55.7 Å². The Morgan fingerprint density at radius 1 is 1.10 bits per heavy atom. The highest BCUT2D eigenvalue weighted by Crippen LogP contribution is 2.59. The van der Waals surface area contributed by atoms with Crippen molar-refractivity contribution in [3.63, 3.8) is 0 Å². The summed E-state index contributed by atoms with van der Waals surface area (Å²) in [5.74, 6) is -0.0225. The number of hydrogen-bond acceptors (Lipinski definition) is 8. The molecule has 3 aliphatic carbocycles. The maximum Gasteiger partial charge on any atom is 0.392 e. The van der Waals surface area contributed by atoms with Crippen molar-refractivity contribution in [2.24, 2.45) is 17.8 Å². The molecule has 7 rings (SSSR count). The lowest BCUT2D eigenvalue weighted by atomic mass is 9.76. The maximum atomic E-state index is 13.9. The third-order valence-electron chi connectivity index (χ3n) is 9.74. The second-order valence-corrected chi connectivity index (χ2v) is 11.9. The van der Waals surface area contributed by atoms with Crippen LogP contribution in [0.25, 0.3) is 0 Å². The molecule has 5 aliphatic rings. The molecule has 11 heteroatoms. The van der Waals surface area contributed by atoms with E-state index in [-0.39, 0.29) is 36.8 Å². The van der Waals surface area contributed by atoms with Crippen LogP contribution >= 0.6 is 0 Å². The second kappa shape index (κ2) is 9.45. The van der Waals surface area contributed by atoms with Gasteiger partial charge in [0.1, 0.15) is 11.6 Å². The number of methoxy groups -OCH3 is 1. The molecular formula is C28H33F3N4O4. The number of fused-ring (bicyclic) bond motifs is 4. The topological polar surface area (TPSA) is 90.6 Å². The van der Waals surface area contributed by atoms with Gasteiger partial charge in [0.15, 0.2) is 5.69 Å². The van der Waals surface area contributed by atoms with Gasteiger partial charge in [-0.15, -0.1) is 0 Å². The van der Waals surface area contributed by atoms with E-state index in [1.807, 2.05) is 0 Å². The van der Waals surface area contributed by atoms with Gasteiger partial charge < -0.3 is 18.9 Å². The molecule has 0 spiro atoms. The monoisotopic (exact) mass is 546 g/mol. The molecule has 8 nitrogen and oxygen atoms in total. The molecule has 2 saturated heterocycles. The Kier molecular flexibility index (Phi) is 6.13. The molecule has 2 aromatic rings. The minimum absolute atomic E-state index is 0.0599. The Morgan fingerprint density at radius 2 is 1.92 bits per heavy atom. The molecule has 39 heavy (non-hydrogen) atoms. The lowest BCUT2D eigenvalue weighted by Gasteiger charge is -2.34. The quantitative estimate of drug-likeness (QED) is 0.419. The smallest absolute Gasteiger partial charge is 0.392 e. The Hall–Kier alpha value is -2.69. The first-order chi connectivity index (χ1) is 18.8. The number of piperidine rings is 1. The average Bonchev–Trinajstić information content (AvgIpc) is 3.83. The van der Waals surface area contributed by atoms with Gasteiger partial charge in [-0.3, -0.25) is 0 Å². The molecule has 2 aromatic heterocycles. The fraction of sp³-hybridized carbons (Fsp3) is 0.714. The fourth-order valence-electron chi connectivity index (χ4n) is 7.72. The zero-order valence-electron chi connectivity index (χ0n) is 21.9. The Morgan fingerprint density at radius 3 is 2.64 bits per heavy atom. The second-order valence-electron chi connectivity index (χ2n) is 11.9. The summed E-state index contributed by atoms with van der Waals surface area (Å²) >= 11 is 0. The summed E-state index contributed by atoms with van der Waals surface area (Å²) < 4.78 is 58.7. The highest BCUT2D eigenvalue weighted by molar-refractivity contribution is 5.86. The van der Waals surface area contributed by atoms with Gasteiger partial charge in [-0.2, -0.15) is 13.2 Å². The first-order valence-electron chi connectivity index (χ1n) is 14.2. The van der Waals surface area contributed by atoms with Gasteiger partial charge in [-0.25, -0.2) is 14.8 Å². The van der Waals surface area contributed by atoms with Crippen LogP contribution in [0, 0.1) is 17.8 Å². The van der Waals surface area contributed by atoms with Crippen LogP contribution in [0.4, 0.5) is 19.0 Å². The van der Waals surface area contributed by atoms with E-state index >= 15 is 0 Å². The van der Waals surface area contributed by atoms with Gasteiger partial charge in [0.2, 0.25) is 0 Å². The zero-order chi connectivity index (χ0) is 26.9. The number of aromatic nitrogens is 3. The summed E-state index contributed by atoms with van der Waals surface area (Å²) in [5.41, 5.74) is 1.43. The van der Waals surface area contributed by atoms with Gasteiger partial charge in [0.25, 0.3) is 0 Å². The first-order valence-corrected chi connectivity index (χ1v) is 14.2. The summed E-state index contributed by atoms with van der Waals surface area (Å²) in [4.78, 5) is 22.8. The van der Waals surface area contributed by atoms with E-state index in [2.05, 4.69) is 20.0 Å². The lowest BCUT2D eigenvalue weighted by Crippen LogP contribution is -2.42. The third kappa shape index (κ3) is 4.40. The van der Waals surface area contributed by atoms with E-state index in [0.29, 0.717) is 36.4 Å². The largest absolute Gasteiger partial charge is 0.464 e. The van der Waals surface area contributed by atoms with Crippen LogP contribution in [0.2, 0.25) is 0 Å². The van der Waals surface area contributed by atoms with E-state index in [1.165, 1.54) is 13.3 Å². The van der Waals surface area contributed by atoms with Gasteiger partial charge in [0, 0.05) is 35.4 Å². The number of hydrogen-bond donors (Lipinski definition) is 0. The highest BCUT2D eigenvalue weighted by Gasteiger charge is 2.63. The minimum atomic E-state index is -4.24. The van der Waals surface area contributed by atoms with Crippen LogP contribution in [-0.2, 0) is 16.1 Å². The summed E-state index contributed by atoms with van der Waals surface area (Å²) in [6.45, 7) is 0.258. The van der Waals surface area contributed by atoms with Crippen molar-refractivity contribution < 1.29 is 32.0 Å². The van der Waals surface area contributed by atoms with Crippen molar-refractivity contribution in [1.82, 2.24) is 15.1 Å². The van der Waals surface area contributed by atoms with Gasteiger partial charge >= 0.3 is 12.1 Å². The fourth-order valence-corrected chi connectivity index (χ4v) is 7.72. The van der Waals surface area contributed by atoms with Crippen molar-refractivity contribution in [3.8, 4) is 0 Å². The van der Waals surface area contributed by atoms with Crippen molar-refractivity contribution in [3.05, 3.63) is 35.1 Å². The SMILES string of the molecule is COC(=O)c1cnc(N2C3CCC2C2C(C3)C2OCc2c(C3CCCCC3C(F)(F)F)noc2C2CC2)cn1. The molecule has 0 radical (unpaired) electrons. The third-order valence-corrected chi connectivity index (χ3v) is 9.74. The molecule has 3 saturated carbocycles. The van der Waals surface area contributed by atoms with Crippen LogP contribution in [0.1, 0.15) is 97.1 Å². The molecular weight excluding hydrogens is 513 g/mol. The number of rotatable bonds is 7. The number of esters is 1. The van der Waals surface area contributed by atoms with E-state index in [9.17, 15) is 18.0 Å². The van der Waals surface area contributed by atoms with Crippen LogP contribution in [-0.4, -0.2) is 52.6 Å². The summed E-state index contributed by atoms with van der Waals surface area (Å²) in [7, 11) is 1.32. The molecule has 0 aromatic carbocycles. The number of carbonyl (C=O) groups excluding carboxylic acids is 1. The summed E-state index contributed by atoms with van der Waals surface area (Å²) in [5, 5.41) is 4.26. The number of carbonyl (C=O) groups is 1. The van der Waals surface area contributed by atoms with Crippen LogP contribution in [0.15, 0.2) is 16.9 Å². The first kappa shape index (κ1) is 25.3. The standard InChI is InChI=1S/C28H33F3N4O4/c1-37-27(36)20-11-33-22(12-32-20)35-15-8-9-21(35)23-17(10-15)26(23)38-13-18-24(34-39-25(18)14-6-7-14)16-4-2-3-5-19(16)28(29,30)31/h11-12,14-17,19,21,23,26H,2-10,13H2,1H3.